The number of hydrogen-bond donors (Lipinski definition) is 1. The fourth-order valence-corrected chi connectivity index (χ4v) is 2.15. The third-order valence-corrected chi connectivity index (χ3v) is 3.76. The Morgan fingerprint density at radius 3 is 2.58 bits per heavy atom. The number of pyridine rings is 1. The second-order valence-electron chi connectivity index (χ2n) is 5.54. The number of ether oxygens (including phenoxy) is 1. The van der Waals surface area contributed by atoms with Crippen LogP contribution in [0.4, 0.5) is 5.69 Å². The Morgan fingerprint density at radius 1 is 1.19 bits per heavy atom. The van der Waals surface area contributed by atoms with Crippen LogP contribution in [0.5, 0.6) is 0 Å². The number of carbonyl (C=O) groups is 3. The van der Waals surface area contributed by atoms with Crippen LogP contribution in [-0.2, 0) is 14.3 Å². The number of carbonyl (C=O) groups excluding carboxylic acids is 3. The monoisotopic (exact) mass is 375 g/mol. The van der Waals surface area contributed by atoms with Gasteiger partial charge in [0.15, 0.2) is 6.61 Å². The molecule has 0 saturated heterocycles. The van der Waals surface area contributed by atoms with E-state index >= 15 is 0 Å². The number of amides is 2. The molecule has 1 aromatic heterocycles. The van der Waals surface area contributed by atoms with Crippen LogP contribution in [0.2, 0.25) is 5.02 Å². The molecule has 2 amide bonds. The van der Waals surface area contributed by atoms with Gasteiger partial charge in [0.1, 0.15) is 0 Å². The molecule has 2 rings (SSSR count). The molecule has 0 atom stereocenters. The molecule has 0 unspecified atom stereocenters. The summed E-state index contributed by atoms with van der Waals surface area (Å²) in [6, 6.07) is 10.0. The molecule has 0 bridgehead atoms. The number of para-hydroxylation sites is 1. The highest BCUT2D eigenvalue weighted by Crippen LogP contribution is 2.20. The van der Waals surface area contributed by atoms with Crippen molar-refractivity contribution in [3.05, 3.63) is 58.9 Å². The van der Waals surface area contributed by atoms with Gasteiger partial charge in [0.2, 0.25) is 5.91 Å². The molecule has 8 heteroatoms. The molecule has 1 aromatic carbocycles. The van der Waals surface area contributed by atoms with E-state index in [1.807, 2.05) is 0 Å². The summed E-state index contributed by atoms with van der Waals surface area (Å²) in [5, 5.41) is 3.01. The summed E-state index contributed by atoms with van der Waals surface area (Å²) in [4.78, 5) is 41.0. The first kappa shape index (κ1) is 19.4. The minimum atomic E-state index is -0.653. The first-order chi connectivity index (χ1) is 12.4. The van der Waals surface area contributed by atoms with Gasteiger partial charge < -0.3 is 15.0 Å². The Kier molecular flexibility index (Phi) is 6.68. The van der Waals surface area contributed by atoms with Crippen LogP contribution < -0.4 is 5.32 Å². The maximum absolute atomic E-state index is 12.0. The number of aryl methyl sites for hydroxylation is 1. The SMILES string of the molecule is Cc1ccc(C(=O)OCC(=O)N(C)CC(=O)Nc2ccccc2Cl)cn1. The van der Waals surface area contributed by atoms with Gasteiger partial charge in [-0.25, -0.2) is 4.79 Å². The molecule has 1 N–H and O–H groups in total. The van der Waals surface area contributed by atoms with Gasteiger partial charge in [-0.2, -0.15) is 0 Å². The first-order valence-corrected chi connectivity index (χ1v) is 8.12. The van der Waals surface area contributed by atoms with E-state index < -0.39 is 24.4 Å². The number of halogens is 1. The predicted octanol–water partition coefficient (Wildman–Crippen LogP) is 2.30. The van der Waals surface area contributed by atoms with Gasteiger partial charge in [0.05, 0.1) is 22.8 Å². The summed E-state index contributed by atoms with van der Waals surface area (Å²) < 4.78 is 4.95. The zero-order chi connectivity index (χ0) is 19.1. The lowest BCUT2D eigenvalue weighted by atomic mass is 10.2. The molecular formula is C18H18ClN3O4. The van der Waals surface area contributed by atoms with Crippen LogP contribution in [-0.4, -0.2) is 47.9 Å². The molecule has 0 fully saturated rings. The Morgan fingerprint density at radius 2 is 1.92 bits per heavy atom. The standard InChI is InChI=1S/C18H18ClN3O4/c1-12-7-8-13(9-20-12)18(25)26-11-17(24)22(2)10-16(23)21-15-6-4-3-5-14(15)19/h3-9H,10-11H2,1-2H3,(H,21,23). The highest BCUT2D eigenvalue weighted by Gasteiger charge is 2.16. The number of anilines is 1. The topological polar surface area (TPSA) is 88.6 Å². The number of rotatable bonds is 6. The van der Waals surface area contributed by atoms with Crippen LogP contribution in [0.25, 0.3) is 0 Å². The quantitative estimate of drug-likeness (QED) is 0.782. The highest BCUT2D eigenvalue weighted by atomic mass is 35.5. The van der Waals surface area contributed by atoms with Gasteiger partial charge in [0, 0.05) is 18.9 Å². The Bertz CT molecular complexity index is 808. The number of hydrogen-bond acceptors (Lipinski definition) is 5. The van der Waals surface area contributed by atoms with Gasteiger partial charge in [-0.05, 0) is 31.2 Å². The van der Waals surface area contributed by atoms with Crippen LogP contribution in [0, 0.1) is 6.92 Å². The summed E-state index contributed by atoms with van der Waals surface area (Å²) >= 11 is 5.96. The lowest BCUT2D eigenvalue weighted by Gasteiger charge is -2.17. The van der Waals surface area contributed by atoms with E-state index in [1.165, 1.54) is 13.2 Å². The summed E-state index contributed by atoms with van der Waals surface area (Å²) in [6.45, 7) is 1.12. The Hall–Kier alpha value is -2.93. The zero-order valence-electron chi connectivity index (χ0n) is 14.4. The molecule has 7 nitrogen and oxygen atoms in total. The molecule has 136 valence electrons. The number of nitrogens with zero attached hydrogens (tertiary/aromatic N) is 2. The van der Waals surface area contributed by atoms with Crippen molar-refractivity contribution in [1.29, 1.82) is 0 Å². The van der Waals surface area contributed by atoms with Crippen molar-refractivity contribution in [2.24, 2.45) is 0 Å². The summed E-state index contributed by atoms with van der Waals surface area (Å²) in [7, 11) is 1.44. The lowest BCUT2D eigenvalue weighted by molar-refractivity contribution is -0.136. The zero-order valence-corrected chi connectivity index (χ0v) is 15.1. The van der Waals surface area contributed by atoms with E-state index in [1.54, 1.807) is 43.3 Å². The normalized spacial score (nSPS) is 10.1. The fraction of sp³-hybridized carbons (Fsp3) is 0.222. The Labute approximate surface area is 155 Å². The largest absolute Gasteiger partial charge is 0.452 e. The highest BCUT2D eigenvalue weighted by molar-refractivity contribution is 6.33. The fourth-order valence-electron chi connectivity index (χ4n) is 1.97. The van der Waals surface area contributed by atoms with Crippen molar-refractivity contribution >= 4 is 35.1 Å². The van der Waals surface area contributed by atoms with Crippen LogP contribution in [0.3, 0.4) is 0 Å². The molecule has 0 aliphatic heterocycles. The van der Waals surface area contributed by atoms with E-state index in [0.717, 1.165) is 10.6 Å². The summed E-state index contributed by atoms with van der Waals surface area (Å²) in [5.74, 6) is -1.57. The van der Waals surface area contributed by atoms with Gasteiger partial charge in [0.25, 0.3) is 5.91 Å². The molecular weight excluding hydrogens is 358 g/mol. The van der Waals surface area contributed by atoms with Gasteiger partial charge >= 0.3 is 5.97 Å². The Balaban J connectivity index is 1.81. The van der Waals surface area contributed by atoms with E-state index in [-0.39, 0.29) is 12.1 Å². The van der Waals surface area contributed by atoms with Crippen LogP contribution in [0.15, 0.2) is 42.6 Å². The number of nitrogens with one attached hydrogen (secondary N) is 1. The van der Waals surface area contributed by atoms with E-state index in [0.29, 0.717) is 10.7 Å². The van der Waals surface area contributed by atoms with Crippen LogP contribution in [0.1, 0.15) is 16.1 Å². The number of likely N-dealkylation sites (N-methyl/N-ethyl adjacent to an activating group) is 1. The van der Waals surface area contributed by atoms with Crippen molar-refractivity contribution in [3.63, 3.8) is 0 Å². The predicted molar refractivity (Wildman–Crippen MR) is 97.0 cm³/mol. The van der Waals surface area contributed by atoms with E-state index in [4.69, 9.17) is 16.3 Å². The van der Waals surface area contributed by atoms with E-state index in [9.17, 15) is 14.4 Å². The van der Waals surface area contributed by atoms with E-state index in [2.05, 4.69) is 10.3 Å². The maximum Gasteiger partial charge on any atom is 0.340 e. The minimum absolute atomic E-state index is 0.201. The molecule has 1 heterocycles. The molecule has 26 heavy (non-hydrogen) atoms. The molecule has 0 spiro atoms. The third kappa shape index (κ3) is 5.56. The van der Waals surface area contributed by atoms with Crippen LogP contribution >= 0.6 is 11.6 Å². The number of benzene rings is 1. The molecule has 0 aliphatic rings. The summed E-state index contributed by atoms with van der Waals surface area (Å²) in [6.07, 6.45) is 1.38. The second kappa shape index (κ2) is 8.96. The van der Waals surface area contributed by atoms with Crippen molar-refractivity contribution in [1.82, 2.24) is 9.88 Å². The number of esters is 1. The van der Waals surface area contributed by atoms with Gasteiger partial charge in [-0.1, -0.05) is 23.7 Å². The minimum Gasteiger partial charge on any atom is -0.452 e. The van der Waals surface area contributed by atoms with Gasteiger partial charge in [-0.3, -0.25) is 14.6 Å². The smallest absolute Gasteiger partial charge is 0.340 e. The molecule has 2 aromatic rings. The van der Waals surface area contributed by atoms with Crippen molar-refractivity contribution in [2.45, 2.75) is 6.92 Å². The van der Waals surface area contributed by atoms with Gasteiger partial charge in [-0.15, -0.1) is 0 Å². The molecule has 0 radical (unpaired) electrons. The average Bonchev–Trinajstić information content (AvgIpc) is 2.61. The lowest BCUT2D eigenvalue weighted by Crippen LogP contribution is -2.37. The maximum atomic E-state index is 12.0. The van der Waals surface area contributed by atoms with Crippen molar-refractivity contribution in [2.75, 3.05) is 25.5 Å². The molecule has 0 aliphatic carbocycles. The molecule has 0 saturated carbocycles. The number of aromatic nitrogens is 1. The summed E-state index contributed by atoms with van der Waals surface area (Å²) in [5.41, 5.74) is 1.47. The average molecular weight is 376 g/mol. The van der Waals surface area contributed by atoms with Crippen molar-refractivity contribution < 1.29 is 19.1 Å². The third-order valence-electron chi connectivity index (χ3n) is 3.43. The van der Waals surface area contributed by atoms with Crippen molar-refractivity contribution in [3.8, 4) is 0 Å². The second-order valence-corrected chi connectivity index (χ2v) is 5.95. The first-order valence-electron chi connectivity index (χ1n) is 7.75.